The van der Waals surface area contributed by atoms with Crippen molar-refractivity contribution in [1.29, 1.82) is 0 Å². The van der Waals surface area contributed by atoms with Crippen molar-refractivity contribution in [3.8, 4) is 0 Å². The molecular formula is C23H30N4O3. The minimum absolute atomic E-state index is 0.117. The molecule has 1 aliphatic rings. The molecule has 1 N–H and O–H groups in total. The summed E-state index contributed by atoms with van der Waals surface area (Å²) in [6.45, 7) is 11.3. The molecule has 2 aromatic carbocycles. The number of nitrogens with zero attached hydrogens (tertiary/aromatic N) is 3. The zero-order chi connectivity index (χ0) is 22.3. The van der Waals surface area contributed by atoms with Crippen LogP contribution >= 0.6 is 0 Å². The van der Waals surface area contributed by atoms with Crippen molar-refractivity contribution in [2.45, 2.75) is 12.8 Å². The molecular weight excluding hydrogens is 380 g/mol. The quantitative estimate of drug-likeness (QED) is 0.462. The van der Waals surface area contributed by atoms with Crippen molar-refractivity contribution >= 4 is 17.3 Å². The van der Waals surface area contributed by atoms with E-state index in [0.29, 0.717) is 11.3 Å². The van der Waals surface area contributed by atoms with Gasteiger partial charge in [-0.05, 0) is 30.3 Å². The number of nitrogens with one attached hydrogen (secondary N) is 1. The molecule has 0 spiro atoms. The van der Waals surface area contributed by atoms with E-state index in [1.54, 1.807) is 19.2 Å². The molecule has 0 bridgehead atoms. The first-order valence-electron chi connectivity index (χ1n) is 9.95. The number of hydrogen-bond acceptors (Lipinski definition) is 5. The topological polar surface area (TPSA) is 78.7 Å². The largest absolute Gasteiger partial charge is 0.363 e. The fraction of sp³-hybridized carbons (Fsp3) is 0.348. The normalized spacial score (nSPS) is 15.0. The van der Waals surface area contributed by atoms with Crippen LogP contribution in [0.5, 0.6) is 0 Å². The molecule has 3 rings (SSSR count). The Morgan fingerprint density at radius 3 is 2.37 bits per heavy atom. The molecule has 0 aromatic heterocycles. The minimum atomic E-state index is -0.311. The van der Waals surface area contributed by atoms with E-state index in [9.17, 15) is 14.9 Å². The summed E-state index contributed by atoms with van der Waals surface area (Å²) < 4.78 is 0. The highest BCUT2D eigenvalue weighted by Gasteiger charge is 2.25. The van der Waals surface area contributed by atoms with Crippen LogP contribution in [-0.2, 0) is 0 Å². The second-order valence-corrected chi connectivity index (χ2v) is 7.18. The molecule has 1 fully saturated rings. The number of anilines is 1. The molecule has 2 aromatic rings. The van der Waals surface area contributed by atoms with Crippen molar-refractivity contribution in [2.75, 3.05) is 45.2 Å². The van der Waals surface area contributed by atoms with Crippen molar-refractivity contribution < 1.29 is 9.72 Å². The fourth-order valence-electron chi connectivity index (χ4n) is 3.67. The van der Waals surface area contributed by atoms with E-state index in [2.05, 4.69) is 35.3 Å². The number of piperazine rings is 1. The Morgan fingerprint density at radius 2 is 1.77 bits per heavy atom. The Bertz CT molecular complexity index is 892. The van der Waals surface area contributed by atoms with Gasteiger partial charge in [-0.15, -0.1) is 13.2 Å². The fourth-order valence-corrected chi connectivity index (χ4v) is 3.67. The van der Waals surface area contributed by atoms with Gasteiger partial charge in [-0.3, -0.25) is 14.9 Å². The van der Waals surface area contributed by atoms with Crippen molar-refractivity contribution in [2.24, 2.45) is 0 Å². The second-order valence-electron chi connectivity index (χ2n) is 7.18. The third kappa shape index (κ3) is 5.04. The smallest absolute Gasteiger partial charge is 0.292 e. The first kappa shape index (κ1) is 23.1. The lowest BCUT2D eigenvalue weighted by Crippen LogP contribution is -2.44. The van der Waals surface area contributed by atoms with Gasteiger partial charge in [0.1, 0.15) is 5.69 Å². The Hall–Kier alpha value is -3.19. The lowest BCUT2D eigenvalue weighted by atomic mass is 9.89. The van der Waals surface area contributed by atoms with Gasteiger partial charge in [-0.2, -0.15) is 0 Å². The summed E-state index contributed by atoms with van der Waals surface area (Å²) in [5.74, 6) is -0.306. The van der Waals surface area contributed by atoms with E-state index in [4.69, 9.17) is 0 Å². The van der Waals surface area contributed by atoms with Crippen LogP contribution in [0.1, 0.15) is 34.3 Å². The van der Waals surface area contributed by atoms with E-state index in [1.165, 1.54) is 0 Å². The summed E-state index contributed by atoms with van der Waals surface area (Å²) >= 11 is 0. The van der Waals surface area contributed by atoms with Gasteiger partial charge in [0.15, 0.2) is 0 Å². The maximum atomic E-state index is 12.2. The highest BCUT2D eigenvalue weighted by Crippen LogP contribution is 2.35. The maximum absolute atomic E-state index is 12.2. The SMILES string of the molecule is C=C.CNC(=O)c1ccccc1C(C)c1ccc(N2CCN(C)CC2)c([N+](=O)[O-])c1. The number of amides is 1. The van der Waals surface area contributed by atoms with Crippen LogP contribution in [0.3, 0.4) is 0 Å². The number of carbonyl (C=O) groups is 1. The van der Waals surface area contributed by atoms with Crippen LogP contribution in [0.25, 0.3) is 0 Å². The van der Waals surface area contributed by atoms with Crippen molar-refractivity contribution in [3.05, 3.63) is 82.4 Å². The Labute approximate surface area is 178 Å². The average molecular weight is 411 g/mol. The van der Waals surface area contributed by atoms with Crippen LogP contribution in [0.4, 0.5) is 11.4 Å². The summed E-state index contributed by atoms with van der Waals surface area (Å²) in [5.41, 5.74) is 3.03. The molecule has 1 aliphatic heterocycles. The van der Waals surface area contributed by atoms with Gasteiger partial charge in [0.25, 0.3) is 11.6 Å². The Morgan fingerprint density at radius 1 is 1.13 bits per heavy atom. The number of carbonyl (C=O) groups excluding carboxylic acids is 1. The predicted molar refractivity (Wildman–Crippen MR) is 121 cm³/mol. The monoisotopic (exact) mass is 410 g/mol. The number of hydrogen-bond donors (Lipinski definition) is 1. The maximum Gasteiger partial charge on any atom is 0.292 e. The number of nitro benzene ring substituents is 1. The lowest BCUT2D eigenvalue weighted by Gasteiger charge is -2.33. The zero-order valence-electron chi connectivity index (χ0n) is 17.9. The molecule has 1 heterocycles. The van der Waals surface area contributed by atoms with E-state index in [-0.39, 0.29) is 22.4 Å². The lowest BCUT2D eigenvalue weighted by molar-refractivity contribution is -0.384. The molecule has 30 heavy (non-hydrogen) atoms. The molecule has 1 unspecified atom stereocenters. The van der Waals surface area contributed by atoms with Crippen LogP contribution in [-0.4, -0.2) is 56.0 Å². The Balaban J connectivity index is 0.00000155. The third-order valence-corrected chi connectivity index (χ3v) is 5.44. The summed E-state index contributed by atoms with van der Waals surface area (Å²) in [7, 11) is 3.65. The minimum Gasteiger partial charge on any atom is -0.363 e. The number of benzene rings is 2. The molecule has 7 nitrogen and oxygen atoms in total. The van der Waals surface area contributed by atoms with Crippen LogP contribution in [0, 0.1) is 10.1 Å². The predicted octanol–water partition coefficient (Wildman–Crippen LogP) is 3.66. The van der Waals surface area contributed by atoms with Crippen molar-refractivity contribution in [1.82, 2.24) is 10.2 Å². The van der Waals surface area contributed by atoms with Gasteiger partial charge in [-0.1, -0.05) is 31.2 Å². The van der Waals surface area contributed by atoms with E-state index in [1.807, 2.05) is 37.3 Å². The molecule has 160 valence electrons. The van der Waals surface area contributed by atoms with Crippen molar-refractivity contribution in [3.63, 3.8) is 0 Å². The summed E-state index contributed by atoms with van der Waals surface area (Å²) in [6.07, 6.45) is 0. The van der Waals surface area contributed by atoms with Gasteiger partial charge < -0.3 is 15.1 Å². The summed E-state index contributed by atoms with van der Waals surface area (Å²) in [5, 5.41) is 14.4. The van der Waals surface area contributed by atoms with E-state index < -0.39 is 0 Å². The zero-order valence-corrected chi connectivity index (χ0v) is 17.9. The standard InChI is InChI=1S/C21H26N4O3.C2H4/c1-15(17-6-4-5-7-18(17)21(26)22-2)16-8-9-19(20(14-16)25(27)28)24-12-10-23(3)11-13-24;1-2/h4-9,14-15H,10-13H2,1-3H3,(H,22,26);1-2H2. The highest BCUT2D eigenvalue weighted by molar-refractivity contribution is 5.95. The second kappa shape index (κ2) is 10.5. The third-order valence-electron chi connectivity index (χ3n) is 5.44. The van der Waals surface area contributed by atoms with E-state index >= 15 is 0 Å². The van der Waals surface area contributed by atoms with Gasteiger partial charge in [0, 0.05) is 50.8 Å². The molecule has 0 radical (unpaired) electrons. The average Bonchev–Trinajstić information content (AvgIpc) is 2.79. The number of rotatable bonds is 5. The summed E-state index contributed by atoms with van der Waals surface area (Å²) in [6, 6.07) is 12.8. The number of nitro groups is 1. The van der Waals surface area contributed by atoms with Crippen LogP contribution in [0.2, 0.25) is 0 Å². The Kier molecular flexibility index (Phi) is 8.12. The van der Waals surface area contributed by atoms with Gasteiger partial charge >= 0.3 is 0 Å². The first-order chi connectivity index (χ1) is 14.4. The molecule has 1 atom stereocenters. The van der Waals surface area contributed by atoms with Crippen LogP contribution < -0.4 is 10.2 Å². The van der Waals surface area contributed by atoms with Gasteiger partial charge in [0.2, 0.25) is 0 Å². The highest BCUT2D eigenvalue weighted by atomic mass is 16.6. The number of likely N-dealkylation sites (N-methyl/N-ethyl adjacent to an activating group) is 1. The molecule has 0 aliphatic carbocycles. The van der Waals surface area contributed by atoms with E-state index in [0.717, 1.165) is 37.3 Å². The molecule has 1 amide bonds. The van der Waals surface area contributed by atoms with Crippen LogP contribution in [0.15, 0.2) is 55.6 Å². The molecule has 0 saturated carbocycles. The van der Waals surface area contributed by atoms with Gasteiger partial charge in [-0.25, -0.2) is 0 Å². The van der Waals surface area contributed by atoms with Gasteiger partial charge in [0.05, 0.1) is 4.92 Å². The first-order valence-corrected chi connectivity index (χ1v) is 9.95. The molecule has 1 saturated heterocycles. The summed E-state index contributed by atoms with van der Waals surface area (Å²) in [4.78, 5) is 27.9. The molecule has 7 heteroatoms.